The van der Waals surface area contributed by atoms with Crippen molar-refractivity contribution in [1.82, 2.24) is 16.2 Å². The molecule has 0 heterocycles. The first kappa shape index (κ1) is 19.9. The van der Waals surface area contributed by atoms with E-state index in [1.54, 1.807) is 24.3 Å². The van der Waals surface area contributed by atoms with E-state index in [9.17, 15) is 9.59 Å². The molecular formula is C16H23N3O4S. The Kier molecular flexibility index (Phi) is 9.40. The lowest BCUT2D eigenvalue weighted by Gasteiger charge is -2.11. The topological polar surface area (TPSA) is 88.7 Å². The molecule has 1 rings (SSSR count). The Bertz CT molecular complexity index is 566. The van der Waals surface area contributed by atoms with Gasteiger partial charge in [-0.2, -0.15) is 0 Å². The van der Waals surface area contributed by atoms with E-state index >= 15 is 0 Å². The van der Waals surface area contributed by atoms with Crippen molar-refractivity contribution in [2.45, 2.75) is 26.7 Å². The average Bonchev–Trinajstić information content (AvgIpc) is 2.57. The fourth-order valence-electron chi connectivity index (χ4n) is 1.71. The van der Waals surface area contributed by atoms with Crippen LogP contribution in [0.4, 0.5) is 0 Å². The van der Waals surface area contributed by atoms with Gasteiger partial charge in [-0.15, -0.1) is 0 Å². The Labute approximate surface area is 147 Å². The summed E-state index contributed by atoms with van der Waals surface area (Å²) >= 11 is 4.96. The molecule has 0 bridgehead atoms. The number of thiocarbonyl (C=S) groups is 1. The Hall–Kier alpha value is -2.19. The van der Waals surface area contributed by atoms with Crippen molar-refractivity contribution in [1.29, 1.82) is 0 Å². The van der Waals surface area contributed by atoms with Crippen LogP contribution in [-0.4, -0.2) is 36.7 Å². The van der Waals surface area contributed by atoms with Gasteiger partial charge in [-0.1, -0.05) is 13.0 Å². The van der Waals surface area contributed by atoms with Crippen LogP contribution in [0.1, 0.15) is 37.0 Å². The van der Waals surface area contributed by atoms with Crippen LogP contribution in [0, 0.1) is 0 Å². The molecule has 0 saturated heterocycles. The van der Waals surface area contributed by atoms with E-state index < -0.39 is 5.91 Å². The van der Waals surface area contributed by atoms with Gasteiger partial charge in [0.25, 0.3) is 5.91 Å². The number of nitrogens with one attached hydrogen (secondary N) is 3. The fraction of sp³-hybridized carbons (Fsp3) is 0.438. The maximum absolute atomic E-state index is 12.1. The zero-order valence-electron chi connectivity index (χ0n) is 13.9. The highest BCUT2D eigenvalue weighted by Crippen LogP contribution is 2.13. The standard InChI is InChI=1S/C16H23N3O4S/c1-3-6-14(20)18-19-16(24)17-15(21)12-7-5-8-13(11-12)23-10-9-22-4-2/h5,7-8,11H,3-4,6,9-10H2,1-2H3,(H,18,20)(H2,17,19,21,24). The molecule has 1 aromatic rings. The van der Waals surface area contributed by atoms with Crippen LogP contribution in [0.15, 0.2) is 24.3 Å². The van der Waals surface area contributed by atoms with Crippen molar-refractivity contribution < 1.29 is 19.1 Å². The van der Waals surface area contributed by atoms with Crippen molar-refractivity contribution in [3.8, 4) is 5.75 Å². The number of amides is 2. The molecule has 0 aromatic heterocycles. The molecule has 0 atom stereocenters. The van der Waals surface area contributed by atoms with Gasteiger partial charge in [0.2, 0.25) is 5.91 Å². The summed E-state index contributed by atoms with van der Waals surface area (Å²) in [5.74, 6) is -0.0243. The molecule has 132 valence electrons. The molecule has 7 nitrogen and oxygen atoms in total. The van der Waals surface area contributed by atoms with E-state index in [-0.39, 0.29) is 11.0 Å². The summed E-state index contributed by atoms with van der Waals surface area (Å²) < 4.78 is 10.7. The second kappa shape index (κ2) is 11.4. The van der Waals surface area contributed by atoms with Gasteiger partial charge >= 0.3 is 0 Å². The van der Waals surface area contributed by atoms with Crippen LogP contribution in [-0.2, 0) is 9.53 Å². The van der Waals surface area contributed by atoms with Crippen LogP contribution in [0.2, 0.25) is 0 Å². The van der Waals surface area contributed by atoms with E-state index in [1.807, 2.05) is 13.8 Å². The Morgan fingerprint density at radius 1 is 1.17 bits per heavy atom. The highest BCUT2D eigenvalue weighted by molar-refractivity contribution is 7.80. The van der Waals surface area contributed by atoms with Crippen molar-refractivity contribution in [2.24, 2.45) is 0 Å². The number of carbonyl (C=O) groups excluding carboxylic acids is 2. The maximum atomic E-state index is 12.1. The van der Waals surface area contributed by atoms with Gasteiger partial charge in [-0.05, 0) is 43.8 Å². The highest BCUT2D eigenvalue weighted by atomic mass is 32.1. The first-order valence-corrected chi connectivity index (χ1v) is 8.18. The smallest absolute Gasteiger partial charge is 0.257 e. The van der Waals surface area contributed by atoms with E-state index in [2.05, 4.69) is 16.2 Å². The first-order valence-electron chi connectivity index (χ1n) is 7.77. The third-order valence-corrected chi connectivity index (χ3v) is 3.02. The number of hydrazine groups is 1. The SMILES string of the molecule is CCCC(=O)NNC(=S)NC(=O)c1cccc(OCCOCC)c1. The Morgan fingerprint density at radius 3 is 2.67 bits per heavy atom. The second-order valence-electron chi connectivity index (χ2n) is 4.78. The third-order valence-electron chi connectivity index (χ3n) is 2.82. The summed E-state index contributed by atoms with van der Waals surface area (Å²) in [7, 11) is 0. The minimum Gasteiger partial charge on any atom is -0.491 e. The summed E-state index contributed by atoms with van der Waals surface area (Å²) in [4.78, 5) is 23.4. The van der Waals surface area contributed by atoms with Gasteiger partial charge in [0.05, 0.1) is 6.61 Å². The molecule has 3 N–H and O–H groups in total. The highest BCUT2D eigenvalue weighted by Gasteiger charge is 2.09. The molecule has 8 heteroatoms. The van der Waals surface area contributed by atoms with Crippen LogP contribution < -0.4 is 20.9 Å². The van der Waals surface area contributed by atoms with Gasteiger partial charge in [0, 0.05) is 18.6 Å². The summed E-state index contributed by atoms with van der Waals surface area (Å²) in [6.07, 6.45) is 1.10. The van der Waals surface area contributed by atoms with Crippen LogP contribution in [0.25, 0.3) is 0 Å². The number of ether oxygens (including phenoxy) is 2. The van der Waals surface area contributed by atoms with Gasteiger partial charge in [0.15, 0.2) is 5.11 Å². The van der Waals surface area contributed by atoms with E-state index in [0.717, 1.165) is 6.42 Å². The largest absolute Gasteiger partial charge is 0.491 e. The lowest BCUT2D eigenvalue weighted by molar-refractivity contribution is -0.121. The molecular weight excluding hydrogens is 330 g/mol. The monoisotopic (exact) mass is 353 g/mol. The van der Waals surface area contributed by atoms with Crippen molar-refractivity contribution in [3.63, 3.8) is 0 Å². The number of hydrogen-bond acceptors (Lipinski definition) is 5. The fourth-order valence-corrected chi connectivity index (χ4v) is 1.86. The summed E-state index contributed by atoms with van der Waals surface area (Å²) in [5, 5.41) is 2.50. The lowest BCUT2D eigenvalue weighted by atomic mass is 10.2. The molecule has 0 spiro atoms. The molecule has 0 unspecified atom stereocenters. The molecule has 2 amide bonds. The summed E-state index contributed by atoms with van der Waals surface area (Å²) in [6, 6.07) is 6.72. The molecule has 0 fully saturated rings. The van der Waals surface area contributed by atoms with Gasteiger partial charge in [0.1, 0.15) is 12.4 Å². The first-order chi connectivity index (χ1) is 11.6. The number of hydrogen-bond donors (Lipinski definition) is 3. The number of benzene rings is 1. The average molecular weight is 353 g/mol. The van der Waals surface area contributed by atoms with Crippen molar-refractivity contribution in [2.75, 3.05) is 19.8 Å². The molecule has 0 radical (unpaired) electrons. The Morgan fingerprint density at radius 2 is 1.96 bits per heavy atom. The normalized spacial score (nSPS) is 9.92. The molecule has 0 aliphatic rings. The predicted molar refractivity (Wildman–Crippen MR) is 94.7 cm³/mol. The zero-order valence-corrected chi connectivity index (χ0v) is 14.7. The molecule has 0 saturated carbocycles. The molecule has 0 aliphatic carbocycles. The van der Waals surface area contributed by atoms with Crippen molar-refractivity contribution in [3.05, 3.63) is 29.8 Å². The van der Waals surface area contributed by atoms with Crippen molar-refractivity contribution >= 4 is 29.1 Å². The lowest BCUT2D eigenvalue weighted by Crippen LogP contribution is -2.48. The summed E-state index contributed by atoms with van der Waals surface area (Å²) in [5.41, 5.74) is 5.29. The maximum Gasteiger partial charge on any atom is 0.257 e. The van der Waals surface area contributed by atoms with Gasteiger partial charge in [-0.25, -0.2) is 0 Å². The second-order valence-corrected chi connectivity index (χ2v) is 5.19. The van der Waals surface area contributed by atoms with E-state index in [1.165, 1.54) is 0 Å². The van der Waals surface area contributed by atoms with Gasteiger partial charge in [-0.3, -0.25) is 25.8 Å². The Balaban J connectivity index is 2.46. The predicted octanol–water partition coefficient (Wildman–Crippen LogP) is 1.54. The number of rotatable bonds is 8. The number of carbonyl (C=O) groups is 2. The van der Waals surface area contributed by atoms with E-state index in [0.29, 0.717) is 37.6 Å². The molecule has 1 aromatic carbocycles. The third kappa shape index (κ3) is 7.89. The quantitative estimate of drug-likeness (QED) is 0.373. The minimum absolute atomic E-state index is 0.0205. The van der Waals surface area contributed by atoms with Crippen LogP contribution in [0.5, 0.6) is 5.75 Å². The summed E-state index contributed by atoms with van der Waals surface area (Å²) in [6.45, 7) is 5.32. The zero-order chi connectivity index (χ0) is 17.8. The van der Waals surface area contributed by atoms with Crippen LogP contribution >= 0.6 is 12.2 Å². The minimum atomic E-state index is -0.396. The van der Waals surface area contributed by atoms with E-state index in [4.69, 9.17) is 21.7 Å². The molecule has 0 aliphatic heterocycles. The molecule has 24 heavy (non-hydrogen) atoms. The van der Waals surface area contributed by atoms with Gasteiger partial charge < -0.3 is 9.47 Å². The van der Waals surface area contributed by atoms with Crippen LogP contribution in [0.3, 0.4) is 0 Å².